The minimum atomic E-state index is -0.0240. The number of amides is 1. The summed E-state index contributed by atoms with van der Waals surface area (Å²) in [6.07, 6.45) is 8.49. The minimum Gasteiger partial charge on any atom is -0.493 e. The maximum Gasteiger partial charge on any atom is 0.243 e. The number of aliphatic imine (C=N–C) groups is 1. The highest BCUT2D eigenvalue weighted by molar-refractivity contribution is 5.85. The monoisotopic (exact) mass is 416 g/mol. The summed E-state index contributed by atoms with van der Waals surface area (Å²) in [5, 5.41) is 6.87. The number of carbonyl (C=O) groups excluding carboxylic acids is 1. The standard InChI is InChI=1S/C23H36N4O3/c1-27(2)22(28)17-25-23(24-14-8-15-29-18-9-4-3-5-10-18)26-20-13-16-30-21-12-7-6-11-19(20)21/h6-7,11-12,18,20H,3-5,8-10,13-17H2,1-2H3,(H2,24,25,26). The lowest BCUT2D eigenvalue weighted by atomic mass is 9.98. The second kappa shape index (κ2) is 11.8. The van der Waals surface area contributed by atoms with Gasteiger partial charge in [0.15, 0.2) is 5.96 Å². The molecule has 166 valence electrons. The molecule has 1 heterocycles. The van der Waals surface area contributed by atoms with Crippen LogP contribution in [0.2, 0.25) is 0 Å². The Balaban J connectivity index is 1.53. The Morgan fingerprint density at radius 2 is 2.00 bits per heavy atom. The molecule has 7 heteroatoms. The number of carbonyl (C=O) groups is 1. The molecule has 0 saturated heterocycles. The first-order valence-corrected chi connectivity index (χ1v) is 11.2. The third kappa shape index (κ3) is 6.90. The van der Waals surface area contributed by atoms with Gasteiger partial charge in [-0.1, -0.05) is 37.5 Å². The smallest absolute Gasteiger partial charge is 0.243 e. The van der Waals surface area contributed by atoms with Crippen LogP contribution in [0.1, 0.15) is 56.6 Å². The molecule has 0 bridgehead atoms. The average molecular weight is 417 g/mol. The SMILES string of the molecule is CN(C)C(=O)CN=C(NCCCOC1CCCCC1)NC1CCOc2ccccc21. The molecule has 0 radical (unpaired) electrons. The van der Waals surface area contributed by atoms with Gasteiger partial charge in [-0.25, -0.2) is 4.99 Å². The van der Waals surface area contributed by atoms with E-state index in [-0.39, 0.29) is 18.5 Å². The van der Waals surface area contributed by atoms with Crippen molar-refractivity contribution in [1.29, 1.82) is 0 Å². The van der Waals surface area contributed by atoms with Crippen LogP contribution >= 0.6 is 0 Å². The summed E-state index contributed by atoms with van der Waals surface area (Å²) in [4.78, 5) is 18.1. The molecular weight excluding hydrogens is 380 g/mol. The van der Waals surface area contributed by atoms with Crippen molar-refractivity contribution in [2.45, 2.75) is 57.1 Å². The van der Waals surface area contributed by atoms with Gasteiger partial charge >= 0.3 is 0 Å². The molecule has 1 unspecified atom stereocenters. The molecule has 3 rings (SSSR count). The van der Waals surface area contributed by atoms with Crippen molar-refractivity contribution < 1.29 is 14.3 Å². The van der Waals surface area contributed by atoms with Crippen LogP contribution < -0.4 is 15.4 Å². The molecule has 30 heavy (non-hydrogen) atoms. The van der Waals surface area contributed by atoms with E-state index in [9.17, 15) is 4.79 Å². The number of para-hydroxylation sites is 1. The summed E-state index contributed by atoms with van der Waals surface area (Å²) in [6.45, 7) is 2.28. The van der Waals surface area contributed by atoms with Crippen LogP contribution in [0.25, 0.3) is 0 Å². The number of benzene rings is 1. The van der Waals surface area contributed by atoms with E-state index in [4.69, 9.17) is 9.47 Å². The third-order valence-corrected chi connectivity index (χ3v) is 5.66. The van der Waals surface area contributed by atoms with Crippen molar-refractivity contribution in [2.24, 2.45) is 4.99 Å². The number of likely N-dealkylation sites (N-methyl/N-ethyl adjacent to an activating group) is 1. The van der Waals surface area contributed by atoms with E-state index >= 15 is 0 Å². The van der Waals surface area contributed by atoms with E-state index < -0.39 is 0 Å². The Morgan fingerprint density at radius 1 is 1.20 bits per heavy atom. The lowest BCUT2D eigenvalue weighted by Gasteiger charge is -2.28. The highest BCUT2D eigenvalue weighted by atomic mass is 16.5. The zero-order valence-electron chi connectivity index (χ0n) is 18.4. The second-order valence-corrected chi connectivity index (χ2v) is 8.24. The Labute approximate surface area is 180 Å². The predicted molar refractivity (Wildman–Crippen MR) is 119 cm³/mol. The number of nitrogens with one attached hydrogen (secondary N) is 2. The molecule has 1 aromatic carbocycles. The first kappa shape index (κ1) is 22.4. The number of hydrogen-bond donors (Lipinski definition) is 2. The molecule has 1 saturated carbocycles. The molecule has 0 spiro atoms. The fourth-order valence-electron chi connectivity index (χ4n) is 3.86. The van der Waals surface area contributed by atoms with E-state index in [0.29, 0.717) is 18.7 Å². The van der Waals surface area contributed by atoms with Gasteiger partial charge in [0.1, 0.15) is 12.3 Å². The summed E-state index contributed by atoms with van der Waals surface area (Å²) in [5.74, 6) is 1.54. The number of hydrogen-bond acceptors (Lipinski definition) is 4. The average Bonchev–Trinajstić information content (AvgIpc) is 2.77. The molecule has 1 amide bonds. The molecule has 1 aliphatic carbocycles. The first-order valence-electron chi connectivity index (χ1n) is 11.2. The molecular formula is C23H36N4O3. The fraction of sp³-hybridized carbons (Fsp3) is 0.652. The Bertz CT molecular complexity index is 701. The number of ether oxygens (including phenoxy) is 2. The van der Waals surface area contributed by atoms with Gasteiger partial charge in [0.05, 0.1) is 18.8 Å². The van der Waals surface area contributed by atoms with Crippen molar-refractivity contribution in [3.05, 3.63) is 29.8 Å². The second-order valence-electron chi connectivity index (χ2n) is 8.24. The van der Waals surface area contributed by atoms with E-state index in [0.717, 1.165) is 37.3 Å². The minimum absolute atomic E-state index is 0.0240. The predicted octanol–water partition coefficient (Wildman–Crippen LogP) is 2.87. The Morgan fingerprint density at radius 3 is 2.80 bits per heavy atom. The molecule has 2 aliphatic rings. The van der Waals surface area contributed by atoms with Crippen molar-refractivity contribution in [3.63, 3.8) is 0 Å². The van der Waals surface area contributed by atoms with Crippen LogP contribution in [-0.2, 0) is 9.53 Å². The van der Waals surface area contributed by atoms with Gasteiger partial charge < -0.3 is 25.0 Å². The van der Waals surface area contributed by atoms with E-state index in [1.54, 1.807) is 19.0 Å². The van der Waals surface area contributed by atoms with Crippen LogP contribution in [0.3, 0.4) is 0 Å². The number of fused-ring (bicyclic) bond motifs is 1. The fourth-order valence-corrected chi connectivity index (χ4v) is 3.86. The topological polar surface area (TPSA) is 75.2 Å². The maximum atomic E-state index is 12.0. The third-order valence-electron chi connectivity index (χ3n) is 5.66. The summed E-state index contributed by atoms with van der Waals surface area (Å²) < 4.78 is 11.8. The zero-order chi connectivity index (χ0) is 21.2. The molecule has 1 aromatic rings. The lowest BCUT2D eigenvalue weighted by molar-refractivity contribution is -0.127. The van der Waals surface area contributed by atoms with Crippen LogP contribution in [0.4, 0.5) is 0 Å². The van der Waals surface area contributed by atoms with Crippen molar-refractivity contribution in [2.75, 3.05) is 40.4 Å². The first-order chi connectivity index (χ1) is 14.6. The number of nitrogens with zero attached hydrogens (tertiary/aromatic N) is 2. The number of guanidine groups is 1. The van der Waals surface area contributed by atoms with Gasteiger partial charge in [0.2, 0.25) is 5.91 Å². The van der Waals surface area contributed by atoms with Gasteiger partial charge in [-0.3, -0.25) is 4.79 Å². The van der Waals surface area contributed by atoms with Gasteiger partial charge in [-0.2, -0.15) is 0 Å². The van der Waals surface area contributed by atoms with Gasteiger partial charge in [-0.15, -0.1) is 0 Å². The normalized spacial score (nSPS) is 19.5. The molecule has 1 fully saturated rings. The Hall–Kier alpha value is -2.28. The van der Waals surface area contributed by atoms with Crippen LogP contribution in [0.15, 0.2) is 29.3 Å². The quantitative estimate of drug-likeness (QED) is 0.387. The van der Waals surface area contributed by atoms with Gasteiger partial charge in [-0.05, 0) is 25.3 Å². The van der Waals surface area contributed by atoms with Crippen LogP contribution in [-0.4, -0.2) is 63.3 Å². The summed E-state index contributed by atoms with van der Waals surface area (Å²) in [6, 6.07) is 8.17. The van der Waals surface area contributed by atoms with E-state index in [1.807, 2.05) is 18.2 Å². The lowest BCUT2D eigenvalue weighted by Crippen LogP contribution is -2.42. The maximum absolute atomic E-state index is 12.0. The van der Waals surface area contributed by atoms with Crippen molar-refractivity contribution in [3.8, 4) is 5.75 Å². The summed E-state index contributed by atoms with van der Waals surface area (Å²) >= 11 is 0. The molecule has 1 aliphatic heterocycles. The zero-order valence-corrected chi connectivity index (χ0v) is 18.4. The van der Waals surface area contributed by atoms with Crippen LogP contribution in [0, 0.1) is 0 Å². The van der Waals surface area contributed by atoms with Gasteiger partial charge in [0.25, 0.3) is 0 Å². The summed E-state index contributed by atoms with van der Waals surface area (Å²) in [7, 11) is 3.49. The largest absolute Gasteiger partial charge is 0.493 e. The molecule has 1 atom stereocenters. The molecule has 2 N–H and O–H groups in total. The summed E-state index contributed by atoms with van der Waals surface area (Å²) in [5.41, 5.74) is 1.12. The van der Waals surface area contributed by atoms with Gasteiger partial charge in [0, 0.05) is 39.2 Å². The molecule has 7 nitrogen and oxygen atoms in total. The van der Waals surface area contributed by atoms with E-state index in [2.05, 4.69) is 21.7 Å². The van der Waals surface area contributed by atoms with Crippen molar-refractivity contribution in [1.82, 2.24) is 15.5 Å². The highest BCUT2D eigenvalue weighted by Crippen LogP contribution is 2.31. The van der Waals surface area contributed by atoms with Crippen molar-refractivity contribution >= 4 is 11.9 Å². The Kier molecular flexibility index (Phi) is 8.81. The van der Waals surface area contributed by atoms with Crippen LogP contribution in [0.5, 0.6) is 5.75 Å². The van der Waals surface area contributed by atoms with E-state index in [1.165, 1.54) is 32.1 Å². The highest BCUT2D eigenvalue weighted by Gasteiger charge is 2.22. The number of rotatable bonds is 8. The molecule has 0 aromatic heterocycles.